The second-order valence-corrected chi connectivity index (χ2v) is 6.63. The van der Waals surface area contributed by atoms with Gasteiger partial charge in [0, 0.05) is 18.8 Å². The van der Waals surface area contributed by atoms with Crippen molar-refractivity contribution in [3.63, 3.8) is 0 Å². The van der Waals surface area contributed by atoms with Gasteiger partial charge in [0.15, 0.2) is 5.69 Å². The third-order valence-electron chi connectivity index (χ3n) is 4.06. The molecule has 1 saturated heterocycles. The average molecular weight is 277 g/mol. The zero-order chi connectivity index (χ0) is 14.9. The Morgan fingerprint density at radius 1 is 1.30 bits per heavy atom. The van der Waals surface area contributed by atoms with Crippen LogP contribution in [0.3, 0.4) is 0 Å². The van der Waals surface area contributed by atoms with E-state index in [-0.39, 0.29) is 5.69 Å². The van der Waals surface area contributed by atoms with Gasteiger partial charge in [-0.25, -0.2) is 14.8 Å². The number of carboxylic acid groups (broad SMARTS) is 1. The van der Waals surface area contributed by atoms with Crippen LogP contribution in [0, 0.1) is 18.3 Å². The van der Waals surface area contributed by atoms with E-state index >= 15 is 0 Å². The maximum atomic E-state index is 11.1. The highest BCUT2D eigenvalue weighted by atomic mass is 16.4. The van der Waals surface area contributed by atoms with Crippen molar-refractivity contribution in [2.45, 2.75) is 40.5 Å². The van der Waals surface area contributed by atoms with Gasteiger partial charge in [0.05, 0.1) is 0 Å². The summed E-state index contributed by atoms with van der Waals surface area (Å²) < 4.78 is 0. The lowest BCUT2D eigenvalue weighted by molar-refractivity contribution is 0.0690. The maximum Gasteiger partial charge on any atom is 0.354 e. The van der Waals surface area contributed by atoms with Gasteiger partial charge in [-0.2, -0.15) is 0 Å². The van der Waals surface area contributed by atoms with Crippen molar-refractivity contribution in [3.8, 4) is 0 Å². The van der Waals surface area contributed by atoms with Crippen LogP contribution in [0.5, 0.6) is 0 Å². The molecule has 1 N–H and O–H groups in total. The highest BCUT2D eigenvalue weighted by molar-refractivity contribution is 5.85. The zero-order valence-corrected chi connectivity index (χ0v) is 12.7. The minimum Gasteiger partial charge on any atom is -0.477 e. The fourth-order valence-corrected chi connectivity index (χ4v) is 2.75. The lowest BCUT2D eigenvalue weighted by Crippen LogP contribution is -2.39. The molecule has 0 saturated carbocycles. The maximum absolute atomic E-state index is 11.1. The predicted octanol–water partition coefficient (Wildman–Crippen LogP) is 2.75. The number of aryl methyl sites for hydroxylation is 1. The molecule has 1 aromatic heterocycles. The Kier molecular flexibility index (Phi) is 3.97. The number of hydrogen-bond donors (Lipinski definition) is 1. The number of anilines is 1. The molecule has 5 heteroatoms. The normalized spacial score (nSPS) is 17.3. The van der Waals surface area contributed by atoms with Crippen LogP contribution in [0.25, 0.3) is 0 Å². The molecule has 1 aliphatic rings. The first-order chi connectivity index (χ1) is 9.27. The van der Waals surface area contributed by atoms with E-state index in [2.05, 4.69) is 35.6 Å². The van der Waals surface area contributed by atoms with Crippen LogP contribution in [0.1, 0.15) is 49.8 Å². The largest absolute Gasteiger partial charge is 0.477 e. The molecular weight excluding hydrogens is 254 g/mol. The number of carbonyl (C=O) groups is 1. The zero-order valence-electron chi connectivity index (χ0n) is 12.7. The quantitative estimate of drug-likeness (QED) is 0.900. The monoisotopic (exact) mass is 277 g/mol. The van der Waals surface area contributed by atoms with E-state index in [0.717, 1.165) is 25.9 Å². The van der Waals surface area contributed by atoms with Crippen molar-refractivity contribution in [2.75, 3.05) is 18.0 Å². The molecule has 0 amide bonds. The van der Waals surface area contributed by atoms with Crippen molar-refractivity contribution in [2.24, 2.45) is 11.3 Å². The average Bonchev–Trinajstić information content (AvgIpc) is 2.37. The Balaban J connectivity index is 2.13. The molecule has 1 fully saturated rings. The molecule has 0 bridgehead atoms. The molecule has 110 valence electrons. The molecule has 0 unspecified atom stereocenters. The van der Waals surface area contributed by atoms with Crippen LogP contribution in [0.4, 0.5) is 5.95 Å². The van der Waals surface area contributed by atoms with Crippen LogP contribution < -0.4 is 4.90 Å². The van der Waals surface area contributed by atoms with Crippen molar-refractivity contribution in [1.29, 1.82) is 0 Å². The summed E-state index contributed by atoms with van der Waals surface area (Å²) >= 11 is 0. The molecule has 1 aromatic rings. The van der Waals surface area contributed by atoms with Gasteiger partial charge in [-0.15, -0.1) is 0 Å². The Morgan fingerprint density at radius 2 is 1.90 bits per heavy atom. The lowest BCUT2D eigenvalue weighted by Gasteiger charge is -2.38. The summed E-state index contributed by atoms with van der Waals surface area (Å²) in [7, 11) is 0. The molecule has 2 rings (SSSR count). The van der Waals surface area contributed by atoms with E-state index < -0.39 is 5.97 Å². The van der Waals surface area contributed by atoms with Gasteiger partial charge in [0.25, 0.3) is 0 Å². The summed E-state index contributed by atoms with van der Waals surface area (Å²) in [6, 6.07) is 1.51. The molecule has 0 spiro atoms. The summed E-state index contributed by atoms with van der Waals surface area (Å²) in [4.78, 5) is 21.7. The highest BCUT2D eigenvalue weighted by Crippen LogP contribution is 2.34. The molecule has 0 atom stereocenters. The van der Waals surface area contributed by atoms with Gasteiger partial charge in [-0.05, 0) is 37.2 Å². The number of aromatic nitrogens is 2. The second kappa shape index (κ2) is 5.38. The highest BCUT2D eigenvalue weighted by Gasteiger charge is 2.29. The SMILES string of the molecule is Cc1cc(C(=O)O)nc(N2CCC(C(C)(C)C)CC2)n1. The van der Waals surface area contributed by atoms with Crippen LogP contribution >= 0.6 is 0 Å². The van der Waals surface area contributed by atoms with Gasteiger partial charge in [-0.3, -0.25) is 0 Å². The Labute approximate surface area is 120 Å². The Hall–Kier alpha value is -1.65. The van der Waals surface area contributed by atoms with E-state index in [0.29, 0.717) is 23.0 Å². The van der Waals surface area contributed by atoms with Crippen LogP contribution in [0.15, 0.2) is 6.07 Å². The Morgan fingerprint density at radius 3 is 2.40 bits per heavy atom. The van der Waals surface area contributed by atoms with Gasteiger partial charge in [-0.1, -0.05) is 20.8 Å². The van der Waals surface area contributed by atoms with E-state index in [9.17, 15) is 4.79 Å². The third-order valence-corrected chi connectivity index (χ3v) is 4.06. The predicted molar refractivity (Wildman–Crippen MR) is 78.1 cm³/mol. The molecule has 5 nitrogen and oxygen atoms in total. The number of hydrogen-bond acceptors (Lipinski definition) is 4. The third kappa shape index (κ3) is 3.26. The van der Waals surface area contributed by atoms with Gasteiger partial charge < -0.3 is 10.0 Å². The van der Waals surface area contributed by atoms with Crippen molar-refractivity contribution >= 4 is 11.9 Å². The first-order valence-electron chi connectivity index (χ1n) is 7.11. The molecule has 20 heavy (non-hydrogen) atoms. The summed E-state index contributed by atoms with van der Waals surface area (Å²) in [5.74, 6) is 0.249. The summed E-state index contributed by atoms with van der Waals surface area (Å²) in [5, 5.41) is 9.07. The summed E-state index contributed by atoms with van der Waals surface area (Å²) in [6.07, 6.45) is 2.20. The number of aromatic carboxylic acids is 1. The number of piperidine rings is 1. The minimum absolute atomic E-state index is 0.0745. The second-order valence-electron chi connectivity index (χ2n) is 6.63. The van der Waals surface area contributed by atoms with Crippen molar-refractivity contribution in [1.82, 2.24) is 9.97 Å². The topological polar surface area (TPSA) is 66.3 Å². The molecular formula is C15H23N3O2. The standard InChI is InChI=1S/C15H23N3O2/c1-10-9-12(13(19)20)17-14(16-10)18-7-5-11(6-8-18)15(2,3)4/h9,11H,5-8H2,1-4H3,(H,19,20). The van der Waals surface area contributed by atoms with Crippen LogP contribution in [-0.2, 0) is 0 Å². The van der Waals surface area contributed by atoms with E-state index in [4.69, 9.17) is 5.11 Å². The minimum atomic E-state index is -0.999. The molecule has 0 aliphatic carbocycles. The molecule has 0 aromatic carbocycles. The smallest absolute Gasteiger partial charge is 0.354 e. The van der Waals surface area contributed by atoms with Crippen LogP contribution in [-0.4, -0.2) is 34.1 Å². The fourth-order valence-electron chi connectivity index (χ4n) is 2.75. The molecule has 0 radical (unpaired) electrons. The lowest BCUT2D eigenvalue weighted by atomic mass is 9.75. The van der Waals surface area contributed by atoms with E-state index in [1.165, 1.54) is 6.07 Å². The first-order valence-corrected chi connectivity index (χ1v) is 7.11. The van der Waals surface area contributed by atoms with E-state index in [1.807, 2.05) is 0 Å². The van der Waals surface area contributed by atoms with Crippen LogP contribution in [0.2, 0.25) is 0 Å². The Bertz CT molecular complexity index is 500. The van der Waals surface area contributed by atoms with Gasteiger partial charge in [0.1, 0.15) is 0 Å². The number of nitrogens with zero attached hydrogens (tertiary/aromatic N) is 3. The summed E-state index contributed by atoms with van der Waals surface area (Å²) in [5.41, 5.74) is 1.10. The van der Waals surface area contributed by atoms with E-state index in [1.54, 1.807) is 6.92 Å². The van der Waals surface area contributed by atoms with Gasteiger partial charge in [0.2, 0.25) is 5.95 Å². The van der Waals surface area contributed by atoms with Gasteiger partial charge >= 0.3 is 5.97 Å². The number of carboxylic acids is 1. The fraction of sp³-hybridized carbons (Fsp3) is 0.667. The number of rotatable bonds is 2. The van der Waals surface area contributed by atoms with Crippen molar-refractivity contribution < 1.29 is 9.90 Å². The van der Waals surface area contributed by atoms with Crippen molar-refractivity contribution in [3.05, 3.63) is 17.5 Å². The molecule has 1 aliphatic heterocycles. The first kappa shape index (κ1) is 14.8. The molecule has 2 heterocycles. The summed E-state index contributed by atoms with van der Waals surface area (Å²) in [6.45, 7) is 10.4.